The molecule has 1 aromatic rings. The molecule has 0 fully saturated rings. The van der Waals surface area contributed by atoms with E-state index in [0.29, 0.717) is 12.2 Å². The second-order valence-corrected chi connectivity index (χ2v) is 3.64. The van der Waals surface area contributed by atoms with Crippen LogP contribution in [0.2, 0.25) is 0 Å². The molecule has 1 aromatic heterocycles. The van der Waals surface area contributed by atoms with Crippen molar-refractivity contribution >= 4 is 11.9 Å². The highest BCUT2D eigenvalue weighted by Gasteiger charge is 2.21. The standard InChI is InChI=1S/C12H16N2O4/c1-4-5-6-9-13-7-8(11(15)17-2)10(14-9)12(16)18-3/h7H,4-6H2,1-3H3. The number of esters is 2. The van der Waals surface area contributed by atoms with Crippen LogP contribution < -0.4 is 0 Å². The third kappa shape index (κ3) is 3.26. The molecule has 1 heterocycles. The topological polar surface area (TPSA) is 78.4 Å². The molecular formula is C12H16N2O4. The molecule has 1 rings (SSSR count). The van der Waals surface area contributed by atoms with Crippen LogP contribution in [0.15, 0.2) is 6.20 Å². The zero-order chi connectivity index (χ0) is 13.5. The Morgan fingerprint density at radius 3 is 2.44 bits per heavy atom. The summed E-state index contributed by atoms with van der Waals surface area (Å²) in [6.45, 7) is 2.05. The number of unbranched alkanes of at least 4 members (excludes halogenated alkanes) is 1. The molecule has 0 aliphatic carbocycles. The lowest BCUT2D eigenvalue weighted by Crippen LogP contribution is -2.16. The Hall–Kier alpha value is -1.98. The van der Waals surface area contributed by atoms with Crippen LogP contribution in [0.5, 0.6) is 0 Å². The second kappa shape index (κ2) is 6.68. The van der Waals surface area contributed by atoms with Crippen molar-refractivity contribution in [2.75, 3.05) is 14.2 Å². The summed E-state index contributed by atoms with van der Waals surface area (Å²) in [5.74, 6) is -0.808. The highest BCUT2D eigenvalue weighted by molar-refractivity contribution is 6.01. The van der Waals surface area contributed by atoms with Gasteiger partial charge in [0.15, 0.2) is 5.69 Å². The van der Waals surface area contributed by atoms with Gasteiger partial charge in [-0.3, -0.25) is 0 Å². The number of methoxy groups -OCH3 is 2. The molecule has 0 atom stereocenters. The molecule has 0 saturated heterocycles. The van der Waals surface area contributed by atoms with Crippen molar-refractivity contribution in [2.24, 2.45) is 0 Å². The molecule has 6 heteroatoms. The van der Waals surface area contributed by atoms with Crippen LogP contribution in [0.1, 0.15) is 46.4 Å². The summed E-state index contributed by atoms with van der Waals surface area (Å²) in [5.41, 5.74) is -0.0324. The summed E-state index contributed by atoms with van der Waals surface area (Å²) in [6.07, 6.45) is 3.87. The van der Waals surface area contributed by atoms with Crippen molar-refractivity contribution in [3.05, 3.63) is 23.3 Å². The molecule has 0 bridgehead atoms. The van der Waals surface area contributed by atoms with E-state index in [1.165, 1.54) is 20.4 Å². The minimum absolute atomic E-state index is 0.0181. The monoisotopic (exact) mass is 252 g/mol. The van der Waals surface area contributed by atoms with Gasteiger partial charge in [-0.25, -0.2) is 19.6 Å². The zero-order valence-corrected chi connectivity index (χ0v) is 10.7. The SMILES string of the molecule is CCCCc1ncc(C(=O)OC)c(C(=O)OC)n1. The number of nitrogens with zero attached hydrogens (tertiary/aromatic N) is 2. The van der Waals surface area contributed by atoms with Gasteiger partial charge in [0.05, 0.1) is 14.2 Å². The number of aryl methyl sites for hydroxylation is 1. The number of carbonyl (C=O) groups is 2. The molecule has 6 nitrogen and oxygen atoms in total. The van der Waals surface area contributed by atoms with Crippen molar-refractivity contribution in [2.45, 2.75) is 26.2 Å². The molecule has 0 saturated carbocycles. The minimum Gasteiger partial charge on any atom is -0.465 e. The van der Waals surface area contributed by atoms with E-state index in [-0.39, 0.29) is 11.3 Å². The van der Waals surface area contributed by atoms with Gasteiger partial charge in [-0.2, -0.15) is 0 Å². The fraction of sp³-hybridized carbons (Fsp3) is 0.500. The van der Waals surface area contributed by atoms with Gasteiger partial charge in [0, 0.05) is 12.6 Å². The summed E-state index contributed by atoms with van der Waals surface area (Å²) in [5, 5.41) is 0. The summed E-state index contributed by atoms with van der Waals surface area (Å²) >= 11 is 0. The first-order valence-corrected chi connectivity index (χ1v) is 5.66. The number of hydrogen-bond donors (Lipinski definition) is 0. The average Bonchev–Trinajstić information content (AvgIpc) is 2.43. The van der Waals surface area contributed by atoms with E-state index < -0.39 is 11.9 Å². The fourth-order valence-electron chi connectivity index (χ4n) is 1.39. The zero-order valence-electron chi connectivity index (χ0n) is 10.7. The Bertz CT molecular complexity index is 446. The minimum atomic E-state index is -0.671. The van der Waals surface area contributed by atoms with Crippen molar-refractivity contribution in [1.29, 1.82) is 0 Å². The smallest absolute Gasteiger partial charge is 0.357 e. The second-order valence-electron chi connectivity index (χ2n) is 3.64. The van der Waals surface area contributed by atoms with E-state index in [0.717, 1.165) is 12.8 Å². The molecule has 0 radical (unpaired) electrons. The number of rotatable bonds is 5. The lowest BCUT2D eigenvalue weighted by atomic mass is 10.2. The lowest BCUT2D eigenvalue weighted by molar-refractivity contribution is 0.0548. The third-order valence-corrected chi connectivity index (χ3v) is 2.38. The van der Waals surface area contributed by atoms with Crippen molar-refractivity contribution in [3.63, 3.8) is 0 Å². The van der Waals surface area contributed by atoms with Gasteiger partial charge in [-0.1, -0.05) is 13.3 Å². The Labute approximate surface area is 105 Å². The predicted octanol–water partition coefficient (Wildman–Crippen LogP) is 1.39. The maximum absolute atomic E-state index is 11.6. The Balaban J connectivity index is 3.12. The van der Waals surface area contributed by atoms with Crippen LogP contribution >= 0.6 is 0 Å². The molecular weight excluding hydrogens is 236 g/mol. The summed E-state index contributed by atoms with van der Waals surface area (Å²) in [7, 11) is 2.46. The van der Waals surface area contributed by atoms with Gasteiger partial charge in [0.2, 0.25) is 0 Å². The third-order valence-electron chi connectivity index (χ3n) is 2.38. The fourth-order valence-corrected chi connectivity index (χ4v) is 1.39. The average molecular weight is 252 g/mol. The molecule has 0 aliphatic rings. The quantitative estimate of drug-likeness (QED) is 0.737. The molecule has 0 unspecified atom stereocenters. The van der Waals surface area contributed by atoms with Crippen LogP contribution in [-0.4, -0.2) is 36.1 Å². The first-order valence-electron chi connectivity index (χ1n) is 5.66. The lowest BCUT2D eigenvalue weighted by Gasteiger charge is -2.06. The highest BCUT2D eigenvalue weighted by Crippen LogP contribution is 2.10. The molecule has 0 aliphatic heterocycles. The first kappa shape index (κ1) is 14.1. The van der Waals surface area contributed by atoms with Gasteiger partial charge < -0.3 is 9.47 Å². The van der Waals surface area contributed by atoms with Crippen LogP contribution in [0, 0.1) is 0 Å². The van der Waals surface area contributed by atoms with E-state index in [1.54, 1.807) is 0 Å². The summed E-state index contributed by atoms with van der Waals surface area (Å²) < 4.78 is 9.16. The molecule has 0 aromatic carbocycles. The normalized spacial score (nSPS) is 9.94. The van der Waals surface area contributed by atoms with E-state index >= 15 is 0 Å². The molecule has 18 heavy (non-hydrogen) atoms. The summed E-state index contributed by atoms with van der Waals surface area (Å²) in [4.78, 5) is 31.1. The molecule has 0 N–H and O–H groups in total. The van der Waals surface area contributed by atoms with Crippen LogP contribution in [0.25, 0.3) is 0 Å². The van der Waals surface area contributed by atoms with E-state index in [2.05, 4.69) is 19.4 Å². The molecule has 98 valence electrons. The van der Waals surface area contributed by atoms with Crippen LogP contribution in [0.4, 0.5) is 0 Å². The van der Waals surface area contributed by atoms with Crippen LogP contribution in [-0.2, 0) is 15.9 Å². The van der Waals surface area contributed by atoms with Crippen molar-refractivity contribution in [1.82, 2.24) is 9.97 Å². The number of carbonyl (C=O) groups excluding carboxylic acids is 2. The van der Waals surface area contributed by atoms with E-state index in [1.807, 2.05) is 6.92 Å². The van der Waals surface area contributed by atoms with Crippen LogP contribution in [0.3, 0.4) is 0 Å². The maximum atomic E-state index is 11.6. The van der Waals surface area contributed by atoms with E-state index in [9.17, 15) is 9.59 Å². The van der Waals surface area contributed by atoms with Gasteiger partial charge in [0.25, 0.3) is 0 Å². The Morgan fingerprint density at radius 2 is 1.89 bits per heavy atom. The predicted molar refractivity (Wildman–Crippen MR) is 63.3 cm³/mol. The van der Waals surface area contributed by atoms with Gasteiger partial charge >= 0.3 is 11.9 Å². The number of ether oxygens (including phenoxy) is 2. The van der Waals surface area contributed by atoms with Gasteiger partial charge in [-0.05, 0) is 6.42 Å². The van der Waals surface area contributed by atoms with Gasteiger partial charge in [0.1, 0.15) is 11.4 Å². The maximum Gasteiger partial charge on any atom is 0.357 e. The highest BCUT2D eigenvalue weighted by atomic mass is 16.5. The van der Waals surface area contributed by atoms with Gasteiger partial charge in [-0.15, -0.1) is 0 Å². The Kier molecular flexibility index (Phi) is 5.23. The summed E-state index contributed by atoms with van der Waals surface area (Å²) in [6, 6.07) is 0. The van der Waals surface area contributed by atoms with Crippen molar-refractivity contribution in [3.8, 4) is 0 Å². The Morgan fingerprint density at radius 1 is 1.22 bits per heavy atom. The largest absolute Gasteiger partial charge is 0.465 e. The molecule has 0 spiro atoms. The number of aromatic nitrogens is 2. The number of hydrogen-bond acceptors (Lipinski definition) is 6. The molecule has 0 amide bonds. The van der Waals surface area contributed by atoms with Crippen molar-refractivity contribution < 1.29 is 19.1 Å². The first-order chi connectivity index (χ1) is 8.63. The van der Waals surface area contributed by atoms with E-state index in [4.69, 9.17) is 0 Å².